The van der Waals surface area contributed by atoms with Crippen molar-refractivity contribution in [2.24, 2.45) is 0 Å². The second-order valence-electron chi connectivity index (χ2n) is 12.8. The lowest BCUT2D eigenvalue weighted by Gasteiger charge is -2.24. The first-order valence-electron chi connectivity index (χ1n) is 16.0. The van der Waals surface area contributed by atoms with Crippen LogP contribution in [0.15, 0.2) is 115 Å². The van der Waals surface area contributed by atoms with Gasteiger partial charge in [-0.3, -0.25) is 4.57 Å². The van der Waals surface area contributed by atoms with Crippen molar-refractivity contribution >= 4 is 53.3 Å². The van der Waals surface area contributed by atoms with Crippen molar-refractivity contribution in [3.63, 3.8) is 0 Å². The number of nitrogens with zero attached hydrogens (tertiary/aromatic N) is 2. The Labute approximate surface area is 268 Å². The molecule has 220 valence electrons. The molecular weight excluding hydrogens is 565 g/mol. The van der Waals surface area contributed by atoms with Gasteiger partial charge in [0.2, 0.25) is 0 Å². The van der Waals surface area contributed by atoms with Crippen molar-refractivity contribution in [1.82, 2.24) is 9.55 Å². The topological polar surface area (TPSA) is 17.8 Å². The third-order valence-corrected chi connectivity index (χ3v) is 10.5. The number of fused-ring (bicyclic) bond motifs is 6. The highest BCUT2D eigenvalue weighted by Gasteiger charge is 2.25. The Bertz CT molecular complexity index is 2360. The van der Waals surface area contributed by atoms with Gasteiger partial charge in [0.1, 0.15) is 5.82 Å². The normalized spacial score (nSPS) is 12.1. The molecule has 0 unspecified atom stereocenters. The van der Waals surface area contributed by atoms with Gasteiger partial charge in [0.25, 0.3) is 0 Å². The molecule has 0 aliphatic heterocycles. The zero-order valence-electron chi connectivity index (χ0n) is 26.4. The SMILES string of the molecule is Cc1ccc(-c2nc3ccccc3n2-c2c(C(C)C)cc(-c3ccccc3)cc2C(C)C)c2sc3ccc4ccccc4c3c12. The summed E-state index contributed by atoms with van der Waals surface area (Å²) in [4.78, 5) is 5.42. The van der Waals surface area contributed by atoms with Gasteiger partial charge in [-0.25, -0.2) is 4.98 Å². The fourth-order valence-electron chi connectivity index (χ4n) is 7.03. The number of benzene rings is 6. The third kappa shape index (κ3) is 4.41. The van der Waals surface area contributed by atoms with E-state index in [1.54, 1.807) is 0 Å². The molecule has 0 fully saturated rings. The Hall–Kier alpha value is -4.73. The molecule has 0 amide bonds. The molecule has 45 heavy (non-hydrogen) atoms. The zero-order chi connectivity index (χ0) is 30.8. The van der Waals surface area contributed by atoms with Gasteiger partial charge in [-0.15, -0.1) is 11.3 Å². The molecule has 2 nitrogen and oxygen atoms in total. The van der Waals surface area contributed by atoms with Crippen LogP contribution in [0.2, 0.25) is 0 Å². The van der Waals surface area contributed by atoms with Crippen LogP contribution in [0, 0.1) is 6.92 Å². The maximum atomic E-state index is 5.42. The van der Waals surface area contributed by atoms with E-state index in [2.05, 4.69) is 154 Å². The van der Waals surface area contributed by atoms with E-state index in [-0.39, 0.29) is 0 Å². The number of hydrogen-bond donors (Lipinski definition) is 0. The highest BCUT2D eigenvalue weighted by Crippen LogP contribution is 2.46. The van der Waals surface area contributed by atoms with Crippen LogP contribution in [0.25, 0.3) is 70.2 Å². The monoisotopic (exact) mass is 600 g/mol. The third-order valence-electron chi connectivity index (χ3n) is 9.26. The van der Waals surface area contributed by atoms with Crippen molar-refractivity contribution in [2.45, 2.75) is 46.5 Å². The summed E-state index contributed by atoms with van der Waals surface area (Å²) < 4.78 is 5.09. The van der Waals surface area contributed by atoms with Crippen molar-refractivity contribution in [1.29, 1.82) is 0 Å². The van der Waals surface area contributed by atoms with E-state index >= 15 is 0 Å². The number of rotatable bonds is 5. The molecule has 0 saturated carbocycles. The van der Waals surface area contributed by atoms with Gasteiger partial charge in [-0.05, 0) is 93.7 Å². The van der Waals surface area contributed by atoms with E-state index in [0.29, 0.717) is 11.8 Å². The summed E-state index contributed by atoms with van der Waals surface area (Å²) in [5, 5.41) is 5.29. The van der Waals surface area contributed by atoms with E-state index in [0.717, 1.165) is 16.9 Å². The second kappa shape index (κ2) is 10.7. The van der Waals surface area contributed by atoms with Gasteiger partial charge in [0.15, 0.2) is 0 Å². The minimum atomic E-state index is 0.323. The number of para-hydroxylation sites is 2. The van der Waals surface area contributed by atoms with Crippen LogP contribution in [0.4, 0.5) is 0 Å². The first-order valence-corrected chi connectivity index (χ1v) is 16.8. The molecule has 2 heterocycles. The van der Waals surface area contributed by atoms with Crippen molar-refractivity contribution < 1.29 is 0 Å². The minimum Gasteiger partial charge on any atom is -0.292 e. The molecule has 0 aliphatic rings. The lowest BCUT2D eigenvalue weighted by Crippen LogP contribution is -2.09. The van der Waals surface area contributed by atoms with E-state index in [4.69, 9.17) is 4.98 Å². The standard InChI is InChI=1S/C42H36N2S/c1-25(2)33-23-30(28-13-7-6-8-14-28)24-34(26(3)4)40(33)44-36-18-12-11-17-35(36)43-42(44)32-21-19-27(5)38-39-31-16-10-9-15-29(31)20-22-37(39)45-41(32)38/h6-26H,1-5H3. The molecule has 8 aromatic rings. The summed E-state index contributed by atoms with van der Waals surface area (Å²) in [7, 11) is 0. The molecule has 0 atom stereocenters. The van der Waals surface area contributed by atoms with Crippen LogP contribution in [-0.4, -0.2) is 9.55 Å². The highest BCUT2D eigenvalue weighted by atomic mass is 32.1. The summed E-state index contributed by atoms with van der Waals surface area (Å²) in [5.74, 6) is 1.65. The molecule has 0 saturated heterocycles. The van der Waals surface area contributed by atoms with Crippen LogP contribution in [-0.2, 0) is 0 Å². The minimum absolute atomic E-state index is 0.323. The number of aromatic nitrogens is 2. The Kier molecular flexibility index (Phi) is 6.62. The molecule has 2 aromatic heterocycles. The number of aryl methyl sites for hydroxylation is 1. The predicted molar refractivity (Wildman–Crippen MR) is 195 cm³/mol. The van der Waals surface area contributed by atoms with Gasteiger partial charge in [0.05, 0.1) is 16.7 Å². The van der Waals surface area contributed by atoms with Crippen LogP contribution in [0.5, 0.6) is 0 Å². The van der Waals surface area contributed by atoms with Gasteiger partial charge in [0, 0.05) is 25.7 Å². The molecule has 0 N–H and O–H groups in total. The van der Waals surface area contributed by atoms with Gasteiger partial charge >= 0.3 is 0 Å². The summed E-state index contributed by atoms with van der Waals surface area (Å²) in [5.41, 5.74) is 11.1. The number of imidazole rings is 1. The quantitative estimate of drug-likeness (QED) is 0.192. The van der Waals surface area contributed by atoms with E-state index < -0.39 is 0 Å². The molecule has 0 aliphatic carbocycles. The summed E-state index contributed by atoms with van der Waals surface area (Å²) in [6, 6.07) is 42.2. The van der Waals surface area contributed by atoms with E-state index in [1.807, 2.05) is 11.3 Å². The zero-order valence-corrected chi connectivity index (χ0v) is 27.2. The fraction of sp³-hybridized carbons (Fsp3) is 0.167. The van der Waals surface area contributed by atoms with Crippen molar-refractivity contribution in [3.8, 4) is 28.2 Å². The Morgan fingerprint density at radius 2 is 1.33 bits per heavy atom. The Balaban J connectivity index is 1.49. The van der Waals surface area contributed by atoms with E-state index in [1.165, 1.54) is 70.0 Å². The maximum absolute atomic E-state index is 5.42. The fourth-order valence-corrected chi connectivity index (χ4v) is 8.33. The van der Waals surface area contributed by atoms with Crippen molar-refractivity contribution in [2.75, 3.05) is 0 Å². The summed E-state index contributed by atoms with van der Waals surface area (Å²) in [6.07, 6.45) is 0. The lowest BCUT2D eigenvalue weighted by atomic mass is 9.88. The van der Waals surface area contributed by atoms with Crippen LogP contribution in [0.3, 0.4) is 0 Å². The average Bonchev–Trinajstić information content (AvgIpc) is 3.64. The summed E-state index contributed by atoms with van der Waals surface area (Å²) >= 11 is 1.89. The van der Waals surface area contributed by atoms with Gasteiger partial charge in [-0.2, -0.15) is 0 Å². The molecule has 6 aromatic carbocycles. The van der Waals surface area contributed by atoms with Crippen LogP contribution < -0.4 is 0 Å². The second-order valence-corrected chi connectivity index (χ2v) is 13.9. The largest absolute Gasteiger partial charge is 0.292 e. The maximum Gasteiger partial charge on any atom is 0.147 e. The molecule has 0 bridgehead atoms. The van der Waals surface area contributed by atoms with Crippen LogP contribution >= 0.6 is 11.3 Å². The molecule has 8 rings (SSSR count). The first-order chi connectivity index (χ1) is 21.9. The Morgan fingerprint density at radius 3 is 2.09 bits per heavy atom. The number of thiophene rings is 1. The first kappa shape index (κ1) is 27.8. The molecular formula is C42H36N2S. The number of hydrogen-bond acceptors (Lipinski definition) is 2. The Morgan fingerprint density at radius 1 is 0.644 bits per heavy atom. The molecule has 0 spiro atoms. The van der Waals surface area contributed by atoms with Crippen molar-refractivity contribution in [3.05, 3.63) is 132 Å². The lowest BCUT2D eigenvalue weighted by molar-refractivity contribution is 0.812. The smallest absolute Gasteiger partial charge is 0.147 e. The van der Waals surface area contributed by atoms with Gasteiger partial charge in [-0.1, -0.05) is 107 Å². The van der Waals surface area contributed by atoms with Crippen LogP contribution in [0.1, 0.15) is 56.2 Å². The highest BCUT2D eigenvalue weighted by molar-refractivity contribution is 7.26. The average molecular weight is 601 g/mol. The predicted octanol–water partition coefficient (Wildman–Crippen LogP) is 12.4. The summed E-state index contributed by atoms with van der Waals surface area (Å²) in [6.45, 7) is 11.5. The molecule has 3 heteroatoms. The molecule has 0 radical (unpaired) electrons. The van der Waals surface area contributed by atoms with E-state index in [9.17, 15) is 0 Å². The van der Waals surface area contributed by atoms with Gasteiger partial charge < -0.3 is 0 Å².